The highest BCUT2D eigenvalue weighted by atomic mass is 16.5. The van der Waals surface area contributed by atoms with Crippen LogP contribution in [0.25, 0.3) is 0 Å². The molecule has 0 radical (unpaired) electrons. The van der Waals surface area contributed by atoms with E-state index in [0.29, 0.717) is 102 Å². The fourth-order valence-corrected chi connectivity index (χ4v) is 12.2. The molecule has 16 N–H and O–H groups in total. The fraction of sp³-hybridized carbons (Fsp3) is 0.586. The molecule has 0 bridgehead atoms. The molecule has 0 aromatic heterocycles. The molecular weight excluding hydrogens is 1230 g/mol. The molecule has 0 aliphatic carbocycles. The van der Waals surface area contributed by atoms with Gasteiger partial charge in [-0.3, -0.25) is 53.1 Å². The first-order chi connectivity index (χ1) is 45.8. The minimum atomic E-state index is -0.970. The van der Waals surface area contributed by atoms with Gasteiger partial charge in [0.2, 0.25) is 53.2 Å². The molecule has 3 heterocycles. The predicted molar refractivity (Wildman–Crippen MR) is 369 cm³/mol. The summed E-state index contributed by atoms with van der Waals surface area (Å²) in [6, 6.07) is 17.6. The van der Waals surface area contributed by atoms with Crippen molar-refractivity contribution in [3.8, 4) is 11.5 Å². The van der Waals surface area contributed by atoms with Crippen LogP contribution < -0.4 is 60.0 Å². The molecule has 528 valence electrons. The van der Waals surface area contributed by atoms with E-state index >= 15 is 0 Å². The summed E-state index contributed by atoms with van der Waals surface area (Å²) in [6.07, 6.45) is 11.1. The van der Waals surface area contributed by atoms with E-state index in [1.807, 2.05) is 87.2 Å². The van der Waals surface area contributed by atoms with Crippen molar-refractivity contribution < 1.29 is 53.0 Å². The lowest BCUT2D eigenvalue weighted by Gasteiger charge is -2.37. The SMILES string of the molecule is CC(=O)N[C@@H](Cc1ccc(O)cc1)C(=O)N[C@@H](CC(C)C)C(=O)N1CCC[C@H]1C(=O)NC(CCCN=C(N)N)C(N)=O.CCCCCCCC(=O)N[C@@H](Cc1ccc(OCc2ccccc2)cc1)C(=O)N[C@@H](CC(C)C)C(=O)N1CCC[C@H]1C(=O)N1CCCC(CN=C(N)N)C1. The number of carbonyl (C=O) groups is 9. The van der Waals surface area contributed by atoms with Crippen LogP contribution in [0.15, 0.2) is 88.8 Å². The number of phenols is 1. The number of aromatic hydroxyl groups is 1. The molecule has 3 aliphatic heterocycles. The monoisotopic (exact) mass is 1330 g/mol. The molecule has 3 aromatic rings. The van der Waals surface area contributed by atoms with Gasteiger partial charge in [-0.05, 0) is 129 Å². The largest absolute Gasteiger partial charge is 0.508 e. The van der Waals surface area contributed by atoms with E-state index in [1.54, 1.807) is 17.0 Å². The minimum Gasteiger partial charge on any atom is -0.508 e. The second-order valence-corrected chi connectivity index (χ2v) is 26.3. The van der Waals surface area contributed by atoms with Crippen molar-refractivity contribution in [3.05, 3.63) is 95.6 Å². The molecule has 3 saturated heterocycles. The Morgan fingerprint density at radius 1 is 0.583 bits per heavy atom. The van der Waals surface area contributed by atoms with Crippen molar-refractivity contribution in [1.82, 2.24) is 41.3 Å². The van der Waals surface area contributed by atoms with Gasteiger partial charge >= 0.3 is 0 Å². The molecule has 96 heavy (non-hydrogen) atoms. The number of hydrogen-bond acceptors (Lipinski definition) is 13. The summed E-state index contributed by atoms with van der Waals surface area (Å²) in [5.74, 6) is -2.56. The lowest BCUT2D eigenvalue weighted by atomic mass is 9.97. The van der Waals surface area contributed by atoms with E-state index in [1.165, 1.54) is 24.0 Å². The zero-order valence-electron chi connectivity index (χ0n) is 57.1. The van der Waals surface area contributed by atoms with Crippen LogP contribution in [-0.4, -0.2) is 166 Å². The van der Waals surface area contributed by atoms with Gasteiger partial charge in [0, 0.05) is 65.5 Å². The molecule has 2 unspecified atom stereocenters. The first kappa shape index (κ1) is 77.7. The summed E-state index contributed by atoms with van der Waals surface area (Å²) >= 11 is 0. The maximum Gasteiger partial charge on any atom is 0.245 e. The maximum atomic E-state index is 14.3. The number of ether oxygens (including phenoxy) is 1. The summed E-state index contributed by atoms with van der Waals surface area (Å²) < 4.78 is 5.96. The first-order valence-electron chi connectivity index (χ1n) is 34.1. The van der Waals surface area contributed by atoms with Crippen molar-refractivity contribution in [3.63, 3.8) is 0 Å². The summed E-state index contributed by atoms with van der Waals surface area (Å²) in [5, 5.41) is 23.6. The van der Waals surface area contributed by atoms with Gasteiger partial charge in [0.05, 0.1) is 0 Å². The Bertz CT molecular complexity index is 3050. The summed E-state index contributed by atoms with van der Waals surface area (Å²) in [4.78, 5) is 133. The number of primary amides is 1. The van der Waals surface area contributed by atoms with Crippen LogP contribution in [0.3, 0.4) is 0 Å². The molecule has 26 heteroatoms. The van der Waals surface area contributed by atoms with Crippen molar-refractivity contribution in [1.29, 1.82) is 0 Å². The van der Waals surface area contributed by atoms with Crippen molar-refractivity contribution >= 4 is 65.1 Å². The molecule has 26 nitrogen and oxygen atoms in total. The predicted octanol–water partition coefficient (Wildman–Crippen LogP) is 3.67. The Kier molecular flexibility index (Phi) is 32.7. The van der Waals surface area contributed by atoms with Crippen molar-refractivity contribution in [2.45, 2.75) is 206 Å². The molecule has 0 saturated carbocycles. The van der Waals surface area contributed by atoms with Crippen LogP contribution >= 0.6 is 0 Å². The highest BCUT2D eigenvalue weighted by Crippen LogP contribution is 2.27. The van der Waals surface area contributed by atoms with Crippen LogP contribution in [0.4, 0.5) is 0 Å². The average molecular weight is 1330 g/mol. The Morgan fingerprint density at radius 2 is 1.12 bits per heavy atom. The molecule has 3 aliphatic rings. The maximum absolute atomic E-state index is 14.3. The summed E-state index contributed by atoms with van der Waals surface area (Å²) in [6.45, 7) is 14.3. The summed E-state index contributed by atoms with van der Waals surface area (Å²) in [7, 11) is 0. The van der Waals surface area contributed by atoms with E-state index in [2.05, 4.69) is 43.5 Å². The third-order valence-corrected chi connectivity index (χ3v) is 17.1. The van der Waals surface area contributed by atoms with Gasteiger partial charge in [0.25, 0.3) is 0 Å². The molecule has 3 fully saturated rings. The van der Waals surface area contributed by atoms with E-state index in [4.69, 9.17) is 33.4 Å². The number of nitrogens with one attached hydrogen (secondary N) is 5. The Morgan fingerprint density at radius 3 is 1.68 bits per heavy atom. The standard InChI is InChI=1S/C42H63N7O5.C28H44N8O6/c1-4-5-6-7-11-18-38(50)46-35(26-31-19-21-34(22-20-31)54-29-32-14-9-8-10-15-32)39(51)47-36(25-30(2)3)40(52)49-24-13-17-37(49)41(53)48-23-12-16-33(28-48)27-45-42(43)44;1-16(2)14-22(35-25(40)21(33-17(3)37)15-18-8-10-19(38)11-9-18)27(42)36-13-5-7-23(36)26(41)34-20(24(29)39)6-4-12-32-28(30)31/h8-10,14-15,19-22,30,33,35-37H,4-7,11-13,16-18,23-29H2,1-3H3,(H,46,50)(H,47,51)(H4,43,44,45);8-11,16,20-23,38H,4-7,12-15H2,1-3H3,(H2,29,39)(H,33,37)(H,34,41)(H,35,40)(H4,30,31,32)/t33?,35-,36-,37-;20?,21-,22-,23-/m00/s1. The highest BCUT2D eigenvalue weighted by Gasteiger charge is 2.42. The van der Waals surface area contributed by atoms with Gasteiger partial charge in [0.15, 0.2) is 11.9 Å². The number of nitrogens with zero attached hydrogens (tertiary/aromatic N) is 5. The molecule has 8 atom stereocenters. The van der Waals surface area contributed by atoms with Gasteiger partial charge in [-0.15, -0.1) is 0 Å². The van der Waals surface area contributed by atoms with Gasteiger partial charge in [-0.1, -0.05) is 115 Å². The van der Waals surface area contributed by atoms with Crippen molar-refractivity contribution in [2.75, 3.05) is 39.3 Å². The quantitative estimate of drug-likeness (QED) is 0.0227. The van der Waals surface area contributed by atoms with Gasteiger partial charge in [-0.25, -0.2) is 0 Å². The molecule has 6 rings (SSSR count). The number of guanidine groups is 2. The number of rotatable bonds is 35. The number of piperidine rings is 1. The number of phenolic OH excluding ortho intramolecular Hbond substituents is 1. The number of hydrogen-bond donors (Lipinski definition) is 11. The van der Waals surface area contributed by atoms with Gasteiger partial charge < -0.3 is 79.8 Å². The zero-order valence-corrected chi connectivity index (χ0v) is 57.1. The highest BCUT2D eigenvalue weighted by molar-refractivity contribution is 5.97. The van der Waals surface area contributed by atoms with Gasteiger partial charge in [0.1, 0.15) is 60.4 Å². The Hall–Kier alpha value is -8.97. The van der Waals surface area contributed by atoms with Crippen molar-refractivity contribution in [2.24, 2.45) is 56.4 Å². The number of unbranched alkanes of at least 4 members (excludes halogenated alkanes) is 4. The van der Waals surface area contributed by atoms with E-state index in [0.717, 1.165) is 56.1 Å². The first-order valence-corrected chi connectivity index (χ1v) is 34.1. The zero-order chi connectivity index (χ0) is 70.3. The molecule has 9 amide bonds. The van der Waals surface area contributed by atoms with Gasteiger partial charge in [-0.2, -0.15) is 0 Å². The number of benzene rings is 3. The van der Waals surface area contributed by atoms with Crippen LogP contribution in [-0.2, 0) is 62.6 Å². The Labute approximate surface area is 565 Å². The number of likely N-dealkylation sites (tertiary alicyclic amines) is 3. The van der Waals surface area contributed by atoms with Crippen LogP contribution in [0.2, 0.25) is 0 Å². The number of amides is 9. The third-order valence-electron chi connectivity index (χ3n) is 17.1. The molecular formula is C70H107N15O11. The third kappa shape index (κ3) is 27.0. The topological polar surface area (TPSA) is 408 Å². The average Bonchev–Trinajstić information content (AvgIpc) is 1.60. The Balaban J connectivity index is 0.000000359. The smallest absolute Gasteiger partial charge is 0.245 e. The summed E-state index contributed by atoms with van der Waals surface area (Å²) in [5.41, 5.74) is 29.8. The fourth-order valence-electron chi connectivity index (χ4n) is 12.2. The van der Waals surface area contributed by atoms with Crippen LogP contribution in [0, 0.1) is 17.8 Å². The molecule has 0 spiro atoms. The lowest BCUT2D eigenvalue weighted by Crippen LogP contribution is -2.58. The van der Waals surface area contributed by atoms with Crippen LogP contribution in [0.5, 0.6) is 11.5 Å². The molecule has 3 aromatic carbocycles. The van der Waals surface area contributed by atoms with Crippen LogP contribution in [0.1, 0.15) is 161 Å². The number of carbonyl (C=O) groups excluding carboxylic acids is 9. The normalized spacial score (nSPS) is 17.5. The minimum absolute atomic E-state index is 0.0231. The van der Waals surface area contributed by atoms with E-state index < -0.39 is 77.7 Å². The number of aliphatic imine (C=N–C) groups is 2. The van der Waals surface area contributed by atoms with E-state index in [9.17, 15) is 48.3 Å². The number of nitrogens with two attached hydrogens (primary N) is 5. The lowest BCUT2D eigenvalue weighted by molar-refractivity contribution is -0.147. The second-order valence-electron chi connectivity index (χ2n) is 26.3. The second kappa shape index (κ2) is 40.4. The van der Waals surface area contributed by atoms with E-state index in [-0.39, 0.29) is 79.0 Å².